The minimum absolute atomic E-state index is 0.0525. The zero-order valence-electron chi connectivity index (χ0n) is 13.5. The molecule has 0 fully saturated rings. The van der Waals surface area contributed by atoms with Gasteiger partial charge in [0, 0.05) is 10.6 Å². The zero-order valence-corrected chi connectivity index (χ0v) is 14.4. The standard InChI is InChI=1S/C17H20N2O4S/c1-3-23-13-8-6-12(7-9-13)19-16(21)15(20)18-11-17(2,22)14-5-4-10-24-14/h4-10,22H,3,11H2,1-2H3,(H,18,20)(H,19,21)/t17-/m0/s1. The molecule has 0 radical (unpaired) electrons. The number of carbonyl (C=O) groups is 2. The quantitative estimate of drug-likeness (QED) is 0.698. The van der Waals surface area contributed by atoms with Gasteiger partial charge in [-0.3, -0.25) is 9.59 Å². The van der Waals surface area contributed by atoms with Crippen molar-refractivity contribution in [2.75, 3.05) is 18.5 Å². The predicted octanol–water partition coefficient (Wildman–Crippen LogP) is 2.11. The van der Waals surface area contributed by atoms with Gasteiger partial charge in [0.25, 0.3) is 0 Å². The molecule has 2 amide bonds. The van der Waals surface area contributed by atoms with Crippen LogP contribution < -0.4 is 15.4 Å². The van der Waals surface area contributed by atoms with Crippen molar-refractivity contribution in [2.45, 2.75) is 19.4 Å². The van der Waals surface area contributed by atoms with Crippen molar-refractivity contribution in [1.29, 1.82) is 0 Å². The maximum absolute atomic E-state index is 11.9. The molecule has 1 heterocycles. The molecule has 0 bridgehead atoms. The monoisotopic (exact) mass is 348 g/mol. The van der Waals surface area contributed by atoms with E-state index in [9.17, 15) is 14.7 Å². The third kappa shape index (κ3) is 4.81. The van der Waals surface area contributed by atoms with Gasteiger partial charge in [0.15, 0.2) is 0 Å². The fourth-order valence-electron chi connectivity index (χ4n) is 1.99. The summed E-state index contributed by atoms with van der Waals surface area (Å²) in [7, 11) is 0. The first-order valence-electron chi connectivity index (χ1n) is 7.51. The molecule has 0 saturated carbocycles. The molecule has 3 N–H and O–H groups in total. The molecular formula is C17H20N2O4S. The molecule has 0 saturated heterocycles. The van der Waals surface area contributed by atoms with E-state index < -0.39 is 17.4 Å². The van der Waals surface area contributed by atoms with E-state index in [0.29, 0.717) is 18.0 Å². The molecule has 7 heteroatoms. The van der Waals surface area contributed by atoms with Crippen molar-refractivity contribution in [3.63, 3.8) is 0 Å². The lowest BCUT2D eigenvalue weighted by Gasteiger charge is -2.22. The summed E-state index contributed by atoms with van der Waals surface area (Å²) in [4.78, 5) is 24.5. The van der Waals surface area contributed by atoms with Crippen molar-refractivity contribution in [3.05, 3.63) is 46.7 Å². The van der Waals surface area contributed by atoms with Crippen LogP contribution in [0, 0.1) is 0 Å². The van der Waals surface area contributed by atoms with Gasteiger partial charge in [-0.05, 0) is 49.6 Å². The van der Waals surface area contributed by atoms with Gasteiger partial charge in [0.1, 0.15) is 11.4 Å². The van der Waals surface area contributed by atoms with Crippen LogP contribution in [-0.4, -0.2) is 30.1 Å². The first-order chi connectivity index (χ1) is 11.4. The smallest absolute Gasteiger partial charge is 0.313 e. The third-order valence-electron chi connectivity index (χ3n) is 3.27. The van der Waals surface area contributed by atoms with Gasteiger partial charge in [-0.15, -0.1) is 11.3 Å². The molecule has 0 aliphatic rings. The van der Waals surface area contributed by atoms with Crippen LogP contribution in [-0.2, 0) is 15.2 Å². The van der Waals surface area contributed by atoms with Crippen LogP contribution in [0.5, 0.6) is 5.75 Å². The summed E-state index contributed by atoms with van der Waals surface area (Å²) in [6.07, 6.45) is 0. The highest BCUT2D eigenvalue weighted by atomic mass is 32.1. The summed E-state index contributed by atoms with van der Waals surface area (Å²) in [5.41, 5.74) is -0.730. The lowest BCUT2D eigenvalue weighted by atomic mass is 10.1. The summed E-state index contributed by atoms with van der Waals surface area (Å²) >= 11 is 1.38. The Labute approximate surface area is 144 Å². The van der Waals surface area contributed by atoms with Crippen LogP contribution in [0.3, 0.4) is 0 Å². The molecule has 1 aromatic carbocycles. The normalized spacial score (nSPS) is 13.0. The Balaban J connectivity index is 1.87. The Kier molecular flexibility index (Phi) is 5.94. The number of aliphatic hydroxyl groups is 1. The number of nitrogens with one attached hydrogen (secondary N) is 2. The molecule has 0 aliphatic carbocycles. The second-order valence-electron chi connectivity index (χ2n) is 5.35. The summed E-state index contributed by atoms with van der Waals surface area (Å²) < 4.78 is 5.31. The minimum Gasteiger partial charge on any atom is -0.494 e. The number of ether oxygens (including phenoxy) is 1. The summed E-state index contributed by atoms with van der Waals surface area (Å²) in [6, 6.07) is 10.3. The number of anilines is 1. The third-order valence-corrected chi connectivity index (χ3v) is 4.40. The highest BCUT2D eigenvalue weighted by Crippen LogP contribution is 2.24. The van der Waals surface area contributed by atoms with Crippen molar-refractivity contribution >= 4 is 28.8 Å². The molecule has 2 rings (SSSR count). The topological polar surface area (TPSA) is 87.7 Å². The van der Waals surface area contributed by atoms with Gasteiger partial charge < -0.3 is 20.5 Å². The molecule has 0 aliphatic heterocycles. The van der Waals surface area contributed by atoms with E-state index >= 15 is 0 Å². The Morgan fingerprint density at radius 1 is 1.21 bits per heavy atom. The van der Waals surface area contributed by atoms with E-state index in [4.69, 9.17) is 4.74 Å². The predicted molar refractivity (Wildman–Crippen MR) is 93.1 cm³/mol. The average Bonchev–Trinajstić information content (AvgIpc) is 3.10. The number of hydrogen-bond acceptors (Lipinski definition) is 5. The fraction of sp³-hybridized carbons (Fsp3) is 0.294. The summed E-state index contributed by atoms with van der Waals surface area (Å²) in [5, 5.41) is 17.1. The molecule has 128 valence electrons. The van der Waals surface area contributed by atoms with Crippen LogP contribution in [0.4, 0.5) is 5.69 Å². The van der Waals surface area contributed by atoms with Gasteiger partial charge >= 0.3 is 11.8 Å². The van der Waals surface area contributed by atoms with Crippen molar-refractivity contribution < 1.29 is 19.4 Å². The number of hydrogen-bond donors (Lipinski definition) is 3. The number of rotatable bonds is 6. The van der Waals surface area contributed by atoms with E-state index in [2.05, 4.69) is 10.6 Å². The maximum atomic E-state index is 11.9. The number of benzene rings is 1. The molecule has 6 nitrogen and oxygen atoms in total. The van der Waals surface area contributed by atoms with Gasteiger partial charge in [0.05, 0.1) is 13.2 Å². The largest absolute Gasteiger partial charge is 0.494 e. The van der Waals surface area contributed by atoms with E-state index in [1.807, 2.05) is 18.4 Å². The summed E-state index contributed by atoms with van der Waals surface area (Å²) in [5.74, 6) is -0.909. The molecule has 1 aromatic heterocycles. The maximum Gasteiger partial charge on any atom is 0.313 e. The van der Waals surface area contributed by atoms with Gasteiger partial charge in [-0.2, -0.15) is 0 Å². The Hall–Kier alpha value is -2.38. The second kappa shape index (κ2) is 7.94. The molecular weight excluding hydrogens is 328 g/mol. The Morgan fingerprint density at radius 3 is 2.50 bits per heavy atom. The first kappa shape index (κ1) is 18.0. The SMILES string of the molecule is CCOc1ccc(NC(=O)C(=O)NC[C@](C)(O)c2cccs2)cc1. The second-order valence-corrected chi connectivity index (χ2v) is 6.29. The highest BCUT2D eigenvalue weighted by molar-refractivity contribution is 7.10. The lowest BCUT2D eigenvalue weighted by Crippen LogP contribution is -2.42. The van der Waals surface area contributed by atoms with E-state index in [1.54, 1.807) is 37.3 Å². The molecule has 24 heavy (non-hydrogen) atoms. The van der Waals surface area contributed by atoms with Crippen LogP contribution in [0.25, 0.3) is 0 Å². The van der Waals surface area contributed by atoms with Gasteiger partial charge in [0.2, 0.25) is 0 Å². The van der Waals surface area contributed by atoms with Gasteiger partial charge in [-0.25, -0.2) is 0 Å². The summed E-state index contributed by atoms with van der Waals surface area (Å²) in [6.45, 7) is 3.97. The number of carbonyl (C=O) groups excluding carboxylic acids is 2. The first-order valence-corrected chi connectivity index (χ1v) is 8.39. The lowest BCUT2D eigenvalue weighted by molar-refractivity contribution is -0.136. The fourth-order valence-corrected chi connectivity index (χ4v) is 2.78. The number of thiophene rings is 1. The number of amides is 2. The molecule has 0 unspecified atom stereocenters. The van der Waals surface area contributed by atoms with E-state index in [-0.39, 0.29) is 6.54 Å². The van der Waals surface area contributed by atoms with Crippen LogP contribution in [0.2, 0.25) is 0 Å². The van der Waals surface area contributed by atoms with Crippen LogP contribution in [0.15, 0.2) is 41.8 Å². The van der Waals surface area contributed by atoms with E-state index in [0.717, 1.165) is 4.88 Å². The van der Waals surface area contributed by atoms with Gasteiger partial charge in [-0.1, -0.05) is 6.07 Å². The highest BCUT2D eigenvalue weighted by Gasteiger charge is 2.26. The Bertz CT molecular complexity index is 681. The van der Waals surface area contributed by atoms with Crippen molar-refractivity contribution in [2.24, 2.45) is 0 Å². The van der Waals surface area contributed by atoms with E-state index in [1.165, 1.54) is 11.3 Å². The average molecular weight is 348 g/mol. The van der Waals surface area contributed by atoms with Crippen molar-refractivity contribution in [1.82, 2.24) is 5.32 Å². The molecule has 1 atom stereocenters. The van der Waals surface area contributed by atoms with Crippen LogP contribution >= 0.6 is 11.3 Å². The molecule has 0 spiro atoms. The van der Waals surface area contributed by atoms with Crippen LogP contribution in [0.1, 0.15) is 18.7 Å². The molecule has 2 aromatic rings. The van der Waals surface area contributed by atoms with Crippen molar-refractivity contribution in [3.8, 4) is 5.75 Å². The minimum atomic E-state index is -1.22. The zero-order chi connectivity index (χ0) is 17.6. The Morgan fingerprint density at radius 2 is 1.92 bits per heavy atom.